The molecular weight excluding hydrogens is 320 g/mol. The van der Waals surface area contributed by atoms with E-state index in [-0.39, 0.29) is 18.2 Å². The lowest BCUT2D eigenvalue weighted by atomic mass is 10.2. The van der Waals surface area contributed by atoms with Crippen molar-refractivity contribution in [2.75, 3.05) is 18.4 Å². The summed E-state index contributed by atoms with van der Waals surface area (Å²) in [6, 6.07) is 5.67. The van der Waals surface area contributed by atoms with Crippen LogP contribution in [0.3, 0.4) is 0 Å². The molecule has 0 unspecified atom stereocenters. The number of carbonyl (C=O) groups is 2. The Bertz CT molecular complexity index is 515. The maximum Gasteiger partial charge on any atom is 0.226 e. The molecule has 0 fully saturated rings. The summed E-state index contributed by atoms with van der Waals surface area (Å²) in [5.74, 6) is -0.164. The molecule has 0 aliphatic carbocycles. The Labute approximate surface area is 128 Å². The van der Waals surface area contributed by atoms with Gasteiger partial charge in [0, 0.05) is 36.6 Å². The van der Waals surface area contributed by atoms with Gasteiger partial charge < -0.3 is 10.2 Å². The second-order valence-electron chi connectivity index (χ2n) is 4.51. The summed E-state index contributed by atoms with van der Waals surface area (Å²) < 4.78 is 0.974. The highest BCUT2D eigenvalue weighted by Crippen LogP contribution is 2.20. The van der Waals surface area contributed by atoms with E-state index in [1.165, 1.54) is 6.92 Å². The monoisotopic (exact) mass is 338 g/mol. The lowest BCUT2D eigenvalue weighted by molar-refractivity contribution is -0.128. The van der Waals surface area contributed by atoms with Gasteiger partial charge in [-0.15, -0.1) is 6.58 Å². The molecule has 1 aromatic carbocycles. The van der Waals surface area contributed by atoms with E-state index >= 15 is 0 Å². The lowest BCUT2D eigenvalue weighted by Gasteiger charge is -2.18. The van der Waals surface area contributed by atoms with Crippen LogP contribution < -0.4 is 5.32 Å². The highest BCUT2D eigenvalue weighted by atomic mass is 79.9. The van der Waals surface area contributed by atoms with Gasteiger partial charge >= 0.3 is 0 Å². The minimum Gasteiger partial charge on any atom is -0.339 e. The molecule has 0 atom stereocenters. The zero-order valence-corrected chi connectivity index (χ0v) is 13.4. The van der Waals surface area contributed by atoms with Gasteiger partial charge in [0.05, 0.1) is 0 Å². The van der Waals surface area contributed by atoms with Crippen molar-refractivity contribution in [2.45, 2.75) is 20.3 Å². The van der Waals surface area contributed by atoms with Crippen LogP contribution in [0.15, 0.2) is 35.3 Å². The molecule has 0 heterocycles. The third kappa shape index (κ3) is 5.17. The van der Waals surface area contributed by atoms with Gasteiger partial charge in [-0.1, -0.05) is 22.0 Å². The number of rotatable bonds is 6. The number of benzene rings is 1. The zero-order chi connectivity index (χ0) is 15.1. The first-order chi connectivity index (χ1) is 9.43. The molecular formula is C15H19BrN2O2. The van der Waals surface area contributed by atoms with Gasteiger partial charge in [0.1, 0.15) is 0 Å². The number of nitrogens with zero attached hydrogens (tertiary/aromatic N) is 1. The van der Waals surface area contributed by atoms with E-state index in [1.54, 1.807) is 11.0 Å². The number of aryl methyl sites for hydroxylation is 1. The van der Waals surface area contributed by atoms with Crippen molar-refractivity contribution >= 4 is 33.4 Å². The number of amides is 2. The smallest absolute Gasteiger partial charge is 0.226 e. The summed E-state index contributed by atoms with van der Waals surface area (Å²) in [4.78, 5) is 24.8. The molecule has 0 saturated heterocycles. The van der Waals surface area contributed by atoms with Crippen LogP contribution in [0.2, 0.25) is 0 Å². The summed E-state index contributed by atoms with van der Waals surface area (Å²) in [6.07, 6.45) is 1.92. The van der Waals surface area contributed by atoms with Gasteiger partial charge in [0.2, 0.25) is 11.8 Å². The Morgan fingerprint density at radius 3 is 2.70 bits per heavy atom. The van der Waals surface area contributed by atoms with E-state index in [4.69, 9.17) is 0 Å². The predicted octanol–water partition coefficient (Wildman–Crippen LogP) is 3.12. The quantitative estimate of drug-likeness (QED) is 0.810. The van der Waals surface area contributed by atoms with E-state index in [0.717, 1.165) is 15.7 Å². The first kappa shape index (κ1) is 16.4. The molecule has 1 rings (SSSR count). The summed E-state index contributed by atoms with van der Waals surface area (Å²) in [6.45, 7) is 7.87. The highest BCUT2D eigenvalue weighted by molar-refractivity contribution is 9.10. The Balaban J connectivity index is 2.55. The number of halogens is 1. The first-order valence-electron chi connectivity index (χ1n) is 6.36. The maximum atomic E-state index is 11.9. The Hall–Kier alpha value is -1.62. The molecule has 0 saturated carbocycles. The summed E-state index contributed by atoms with van der Waals surface area (Å²) >= 11 is 3.38. The van der Waals surface area contributed by atoms with Gasteiger partial charge in [0.25, 0.3) is 0 Å². The van der Waals surface area contributed by atoms with Crippen LogP contribution in [0.1, 0.15) is 18.9 Å². The van der Waals surface area contributed by atoms with E-state index in [2.05, 4.69) is 27.8 Å². The van der Waals surface area contributed by atoms with Crippen LogP contribution in [-0.4, -0.2) is 29.8 Å². The largest absolute Gasteiger partial charge is 0.339 e. The highest BCUT2D eigenvalue weighted by Gasteiger charge is 2.10. The molecule has 108 valence electrons. The molecule has 4 nitrogen and oxygen atoms in total. The average molecular weight is 339 g/mol. The summed E-state index contributed by atoms with van der Waals surface area (Å²) in [7, 11) is 0. The molecule has 20 heavy (non-hydrogen) atoms. The molecule has 0 bridgehead atoms. The van der Waals surface area contributed by atoms with Crippen molar-refractivity contribution < 1.29 is 9.59 Å². The Morgan fingerprint density at radius 1 is 1.45 bits per heavy atom. The minimum atomic E-state index is -0.106. The normalized spacial score (nSPS) is 9.95. The van der Waals surface area contributed by atoms with Crippen LogP contribution in [0, 0.1) is 6.92 Å². The summed E-state index contributed by atoms with van der Waals surface area (Å²) in [5.41, 5.74) is 1.78. The van der Waals surface area contributed by atoms with E-state index in [0.29, 0.717) is 13.1 Å². The van der Waals surface area contributed by atoms with Crippen molar-refractivity contribution in [2.24, 2.45) is 0 Å². The second kappa shape index (κ2) is 7.85. The third-order valence-electron chi connectivity index (χ3n) is 2.87. The number of nitrogens with one attached hydrogen (secondary N) is 1. The van der Waals surface area contributed by atoms with Crippen LogP contribution in [0.25, 0.3) is 0 Å². The van der Waals surface area contributed by atoms with Gasteiger partial charge in [-0.05, 0) is 30.7 Å². The number of anilines is 1. The Kier molecular flexibility index (Phi) is 6.45. The summed E-state index contributed by atoms with van der Waals surface area (Å²) in [5, 5.41) is 2.85. The van der Waals surface area contributed by atoms with Gasteiger partial charge in [-0.3, -0.25) is 9.59 Å². The minimum absolute atomic E-state index is 0.0578. The predicted molar refractivity (Wildman–Crippen MR) is 84.6 cm³/mol. The van der Waals surface area contributed by atoms with E-state index < -0.39 is 0 Å². The fourth-order valence-electron chi connectivity index (χ4n) is 1.75. The average Bonchev–Trinajstić information content (AvgIpc) is 2.37. The van der Waals surface area contributed by atoms with Crippen molar-refractivity contribution in [1.82, 2.24) is 4.90 Å². The fraction of sp³-hybridized carbons (Fsp3) is 0.333. The zero-order valence-electron chi connectivity index (χ0n) is 11.8. The van der Waals surface area contributed by atoms with Crippen molar-refractivity contribution in [3.05, 3.63) is 40.9 Å². The second-order valence-corrected chi connectivity index (χ2v) is 5.43. The van der Waals surface area contributed by atoms with Crippen LogP contribution in [0.4, 0.5) is 5.69 Å². The molecule has 5 heteroatoms. The molecule has 0 aliphatic heterocycles. The van der Waals surface area contributed by atoms with Crippen molar-refractivity contribution in [3.63, 3.8) is 0 Å². The van der Waals surface area contributed by atoms with E-state index in [1.807, 2.05) is 25.1 Å². The molecule has 2 amide bonds. The van der Waals surface area contributed by atoms with Crippen molar-refractivity contribution in [3.8, 4) is 0 Å². The van der Waals surface area contributed by atoms with Gasteiger partial charge in [-0.25, -0.2) is 0 Å². The van der Waals surface area contributed by atoms with Crippen LogP contribution in [0.5, 0.6) is 0 Å². The lowest BCUT2D eigenvalue weighted by Crippen LogP contribution is -2.32. The van der Waals surface area contributed by atoms with Crippen LogP contribution in [-0.2, 0) is 9.59 Å². The van der Waals surface area contributed by atoms with E-state index in [9.17, 15) is 9.59 Å². The number of hydrogen-bond acceptors (Lipinski definition) is 2. The molecule has 0 radical (unpaired) electrons. The topological polar surface area (TPSA) is 49.4 Å². The number of carbonyl (C=O) groups excluding carboxylic acids is 2. The molecule has 0 spiro atoms. The molecule has 0 aromatic heterocycles. The molecule has 1 N–H and O–H groups in total. The Morgan fingerprint density at radius 2 is 2.15 bits per heavy atom. The SMILES string of the molecule is C=CCN(CCC(=O)Nc1ccc(Br)cc1C)C(C)=O. The third-order valence-corrected chi connectivity index (χ3v) is 3.36. The van der Waals surface area contributed by atoms with Crippen molar-refractivity contribution in [1.29, 1.82) is 0 Å². The molecule has 0 aliphatic rings. The molecule has 1 aromatic rings. The van der Waals surface area contributed by atoms with Crippen LogP contribution >= 0.6 is 15.9 Å². The first-order valence-corrected chi connectivity index (χ1v) is 7.15. The standard InChI is InChI=1S/C15H19BrN2O2/c1-4-8-18(12(3)19)9-7-15(20)17-14-6-5-13(16)10-11(14)2/h4-6,10H,1,7-9H2,2-3H3,(H,17,20). The fourth-order valence-corrected chi connectivity index (χ4v) is 2.23. The van der Waals surface area contributed by atoms with Gasteiger partial charge in [-0.2, -0.15) is 0 Å². The van der Waals surface area contributed by atoms with Gasteiger partial charge in [0.15, 0.2) is 0 Å². The maximum absolute atomic E-state index is 11.9. The number of hydrogen-bond donors (Lipinski definition) is 1.